The van der Waals surface area contributed by atoms with Crippen molar-refractivity contribution in [1.82, 2.24) is 9.29 Å². The molecule has 4 nitrogen and oxygen atoms in total. The van der Waals surface area contributed by atoms with Crippen LogP contribution in [-0.2, 0) is 16.6 Å². The Labute approximate surface area is 139 Å². The van der Waals surface area contributed by atoms with Gasteiger partial charge in [-0.15, -0.1) is 0 Å². The van der Waals surface area contributed by atoms with Crippen LogP contribution < -0.4 is 0 Å². The largest absolute Gasteiger partial charge is 0.246 e. The molecular weight excluding hydrogens is 402 g/mol. The number of benzene rings is 1. The molecule has 0 fully saturated rings. The van der Waals surface area contributed by atoms with Gasteiger partial charge in [0.1, 0.15) is 21.7 Å². The van der Waals surface area contributed by atoms with E-state index in [4.69, 9.17) is 11.6 Å². The molecule has 2 aromatic rings. The maximum Gasteiger partial charge on any atom is 0.246 e. The summed E-state index contributed by atoms with van der Waals surface area (Å²) in [7, 11) is -2.70. The Morgan fingerprint density at radius 1 is 1.32 bits per heavy atom. The van der Waals surface area contributed by atoms with Crippen LogP contribution in [0.1, 0.15) is 5.56 Å². The van der Waals surface area contributed by atoms with Crippen LogP contribution in [0, 0.1) is 11.6 Å². The summed E-state index contributed by atoms with van der Waals surface area (Å²) < 4.78 is 52.8. The lowest BCUT2D eigenvalue weighted by molar-refractivity contribution is 0.454. The molecule has 0 unspecified atom stereocenters. The summed E-state index contributed by atoms with van der Waals surface area (Å²) in [6, 6.07) is 4.26. The first-order chi connectivity index (χ1) is 10.2. The van der Waals surface area contributed by atoms with Crippen LogP contribution in [0.2, 0.25) is 5.15 Å². The molecule has 0 saturated heterocycles. The van der Waals surface area contributed by atoms with Crippen LogP contribution in [0.3, 0.4) is 0 Å². The van der Waals surface area contributed by atoms with Crippen LogP contribution in [0.4, 0.5) is 8.78 Å². The quantitative estimate of drug-likeness (QED) is 0.723. The fourth-order valence-corrected chi connectivity index (χ4v) is 3.79. The topological polar surface area (TPSA) is 50.3 Å². The van der Waals surface area contributed by atoms with E-state index >= 15 is 0 Å². The molecule has 0 N–H and O–H groups in total. The zero-order valence-corrected chi connectivity index (χ0v) is 14.4. The fraction of sp³-hybridized carbons (Fsp3) is 0.154. The number of nitrogens with zero attached hydrogens (tertiary/aromatic N) is 2. The van der Waals surface area contributed by atoms with Gasteiger partial charge in [-0.2, -0.15) is 4.31 Å². The SMILES string of the molecule is CN(Cc1ccc(F)cc1F)S(=O)(=O)c1cc(Br)cnc1Cl. The van der Waals surface area contributed by atoms with Gasteiger partial charge < -0.3 is 0 Å². The second kappa shape index (κ2) is 6.57. The number of halogens is 4. The summed E-state index contributed by atoms with van der Waals surface area (Å²) in [4.78, 5) is 3.55. The van der Waals surface area contributed by atoms with Gasteiger partial charge in [0.15, 0.2) is 0 Å². The van der Waals surface area contributed by atoms with E-state index in [1.54, 1.807) is 0 Å². The summed E-state index contributed by atoms with van der Waals surface area (Å²) >= 11 is 8.94. The highest BCUT2D eigenvalue weighted by molar-refractivity contribution is 9.10. The summed E-state index contributed by atoms with van der Waals surface area (Å²) in [5, 5.41) is -0.186. The predicted molar refractivity (Wildman–Crippen MR) is 82.0 cm³/mol. The molecule has 0 aliphatic rings. The number of hydrogen-bond donors (Lipinski definition) is 0. The van der Waals surface area contributed by atoms with Gasteiger partial charge in [0, 0.05) is 35.9 Å². The molecule has 0 radical (unpaired) electrons. The number of pyridine rings is 1. The summed E-state index contributed by atoms with van der Waals surface area (Å²) in [5.41, 5.74) is 0.0477. The van der Waals surface area contributed by atoms with E-state index in [1.807, 2.05) is 0 Å². The summed E-state index contributed by atoms with van der Waals surface area (Å²) in [6.07, 6.45) is 1.36. The monoisotopic (exact) mass is 410 g/mol. The molecule has 0 amide bonds. The Kier molecular flexibility index (Phi) is 5.16. The fourth-order valence-electron chi connectivity index (χ4n) is 1.73. The Morgan fingerprint density at radius 2 is 2.00 bits per heavy atom. The molecule has 118 valence electrons. The second-order valence-corrected chi connectivity index (χ2v) is 7.73. The molecule has 0 spiro atoms. The minimum atomic E-state index is -3.97. The molecule has 1 heterocycles. The number of hydrogen-bond acceptors (Lipinski definition) is 3. The van der Waals surface area contributed by atoms with Crippen molar-refractivity contribution in [2.75, 3.05) is 7.05 Å². The van der Waals surface area contributed by atoms with Crippen LogP contribution in [0.5, 0.6) is 0 Å². The molecule has 1 aromatic carbocycles. The zero-order valence-electron chi connectivity index (χ0n) is 11.2. The highest BCUT2D eigenvalue weighted by Crippen LogP contribution is 2.26. The lowest BCUT2D eigenvalue weighted by atomic mass is 10.2. The van der Waals surface area contributed by atoms with Gasteiger partial charge in [-0.1, -0.05) is 17.7 Å². The Hall–Kier alpha value is -1.09. The van der Waals surface area contributed by atoms with Gasteiger partial charge in [0.05, 0.1) is 0 Å². The minimum absolute atomic E-state index is 0.0477. The summed E-state index contributed by atoms with van der Waals surface area (Å²) in [6.45, 7) is -0.267. The normalized spacial score (nSPS) is 11.9. The smallest absolute Gasteiger partial charge is 0.242 e. The highest BCUT2D eigenvalue weighted by Gasteiger charge is 2.25. The molecule has 0 bridgehead atoms. The zero-order chi connectivity index (χ0) is 16.5. The van der Waals surface area contributed by atoms with Crippen LogP contribution in [0.15, 0.2) is 39.8 Å². The number of sulfonamides is 1. The van der Waals surface area contributed by atoms with E-state index in [2.05, 4.69) is 20.9 Å². The lowest BCUT2D eigenvalue weighted by Crippen LogP contribution is -2.27. The molecular formula is C13H10BrClF2N2O2S. The molecule has 1 aromatic heterocycles. The van der Waals surface area contributed by atoms with Crippen molar-refractivity contribution in [3.8, 4) is 0 Å². The van der Waals surface area contributed by atoms with Gasteiger partial charge in [0.25, 0.3) is 0 Å². The van der Waals surface area contributed by atoms with Crippen LogP contribution in [-0.4, -0.2) is 24.8 Å². The van der Waals surface area contributed by atoms with Crippen molar-refractivity contribution >= 4 is 37.6 Å². The molecule has 2 rings (SSSR count). The van der Waals surface area contributed by atoms with Crippen molar-refractivity contribution in [3.63, 3.8) is 0 Å². The Bertz CT molecular complexity index is 818. The lowest BCUT2D eigenvalue weighted by Gasteiger charge is -2.18. The predicted octanol–water partition coefficient (Wildman–Crippen LogP) is 3.60. The van der Waals surface area contributed by atoms with E-state index in [-0.39, 0.29) is 22.2 Å². The first-order valence-electron chi connectivity index (χ1n) is 5.93. The third-order valence-corrected chi connectivity index (χ3v) is 5.53. The van der Waals surface area contributed by atoms with Gasteiger partial charge in [-0.25, -0.2) is 22.2 Å². The van der Waals surface area contributed by atoms with Gasteiger partial charge in [0.2, 0.25) is 10.0 Å². The molecule has 9 heteroatoms. The molecule has 0 atom stereocenters. The minimum Gasteiger partial charge on any atom is -0.242 e. The Balaban J connectivity index is 2.35. The van der Waals surface area contributed by atoms with E-state index < -0.39 is 21.7 Å². The third-order valence-electron chi connectivity index (χ3n) is 2.87. The molecule has 0 aliphatic heterocycles. The van der Waals surface area contributed by atoms with Crippen molar-refractivity contribution in [2.45, 2.75) is 11.4 Å². The van der Waals surface area contributed by atoms with Crippen molar-refractivity contribution in [3.05, 3.63) is 57.3 Å². The molecule has 0 aliphatic carbocycles. The van der Waals surface area contributed by atoms with E-state index in [9.17, 15) is 17.2 Å². The average molecular weight is 412 g/mol. The Morgan fingerprint density at radius 3 is 2.64 bits per heavy atom. The van der Waals surface area contributed by atoms with E-state index in [0.29, 0.717) is 10.5 Å². The van der Waals surface area contributed by atoms with Crippen LogP contribution >= 0.6 is 27.5 Å². The number of rotatable bonds is 4. The van der Waals surface area contributed by atoms with E-state index in [0.717, 1.165) is 10.4 Å². The van der Waals surface area contributed by atoms with Gasteiger partial charge in [-0.05, 0) is 28.1 Å². The first-order valence-corrected chi connectivity index (χ1v) is 8.54. The van der Waals surface area contributed by atoms with Gasteiger partial charge >= 0.3 is 0 Å². The van der Waals surface area contributed by atoms with Crippen molar-refractivity contribution in [1.29, 1.82) is 0 Å². The molecule has 22 heavy (non-hydrogen) atoms. The average Bonchev–Trinajstić information content (AvgIpc) is 2.44. The summed E-state index contributed by atoms with van der Waals surface area (Å²) in [5.74, 6) is -1.55. The second-order valence-electron chi connectivity index (χ2n) is 4.44. The molecule has 0 saturated carbocycles. The standard InChI is InChI=1S/C13H10BrClF2N2O2S/c1-19(7-8-2-3-10(16)5-11(8)17)22(20,21)12-4-9(14)6-18-13(12)15/h2-6H,7H2,1H3. The third kappa shape index (κ3) is 3.62. The van der Waals surface area contributed by atoms with E-state index in [1.165, 1.54) is 25.4 Å². The van der Waals surface area contributed by atoms with Crippen molar-refractivity contribution < 1.29 is 17.2 Å². The van der Waals surface area contributed by atoms with Crippen LogP contribution in [0.25, 0.3) is 0 Å². The maximum atomic E-state index is 13.6. The maximum absolute atomic E-state index is 13.6. The van der Waals surface area contributed by atoms with Crippen molar-refractivity contribution in [2.24, 2.45) is 0 Å². The van der Waals surface area contributed by atoms with Gasteiger partial charge in [-0.3, -0.25) is 0 Å². The first kappa shape index (κ1) is 17.3. The number of aromatic nitrogens is 1. The highest BCUT2D eigenvalue weighted by atomic mass is 79.9.